The largest absolute Gasteiger partial charge is 0.340 e. The Morgan fingerprint density at radius 1 is 1.21 bits per heavy atom. The molecule has 0 radical (unpaired) electrons. The summed E-state index contributed by atoms with van der Waals surface area (Å²) in [5.41, 5.74) is 1.78. The van der Waals surface area contributed by atoms with E-state index in [1.807, 2.05) is 19.3 Å². The van der Waals surface area contributed by atoms with Crippen molar-refractivity contribution >= 4 is 5.95 Å². The summed E-state index contributed by atoms with van der Waals surface area (Å²) >= 11 is 0. The summed E-state index contributed by atoms with van der Waals surface area (Å²) in [6.07, 6.45) is 5.03. The Kier molecular flexibility index (Phi) is 3.59. The number of anilines is 1. The van der Waals surface area contributed by atoms with Gasteiger partial charge in [-0.2, -0.15) is 0 Å². The smallest absolute Gasteiger partial charge is 0.225 e. The van der Waals surface area contributed by atoms with Crippen molar-refractivity contribution in [3.05, 3.63) is 18.0 Å². The molecule has 3 nitrogen and oxygen atoms in total. The van der Waals surface area contributed by atoms with Crippen LogP contribution in [0, 0.1) is 23.7 Å². The molecule has 2 rings (SSSR count). The topological polar surface area (TPSA) is 29.0 Å². The standard InChI is InChI=1S/C16H27N3/c1-12-9-17-14(18-10-12)19-8-7-13(15(2,3)4)16(5,6)11-19/h9-10,13H,7-8,11H2,1-6H3. The summed E-state index contributed by atoms with van der Waals surface area (Å²) in [4.78, 5) is 11.3. The highest BCUT2D eigenvalue weighted by molar-refractivity contribution is 5.31. The second-order valence-corrected chi connectivity index (χ2v) is 7.68. The summed E-state index contributed by atoms with van der Waals surface area (Å²) in [6.45, 7) is 16.0. The molecule has 0 N–H and O–H groups in total. The molecule has 0 aliphatic carbocycles. The molecule has 19 heavy (non-hydrogen) atoms. The molecule has 0 amide bonds. The molecule has 1 fully saturated rings. The van der Waals surface area contributed by atoms with Crippen LogP contribution in [0.4, 0.5) is 5.95 Å². The molecule has 3 heteroatoms. The van der Waals surface area contributed by atoms with Crippen LogP contribution in [0.2, 0.25) is 0 Å². The van der Waals surface area contributed by atoms with Gasteiger partial charge in [-0.3, -0.25) is 0 Å². The zero-order chi connectivity index (χ0) is 14.3. The number of nitrogens with zero attached hydrogens (tertiary/aromatic N) is 3. The molecule has 1 aliphatic rings. The van der Waals surface area contributed by atoms with Crippen LogP contribution in [0.3, 0.4) is 0 Å². The van der Waals surface area contributed by atoms with E-state index in [1.54, 1.807) is 0 Å². The van der Waals surface area contributed by atoms with Crippen molar-refractivity contribution in [2.75, 3.05) is 18.0 Å². The fourth-order valence-corrected chi connectivity index (χ4v) is 3.68. The normalized spacial score (nSPS) is 23.5. The van der Waals surface area contributed by atoms with Crippen molar-refractivity contribution in [3.8, 4) is 0 Å². The van der Waals surface area contributed by atoms with E-state index in [1.165, 1.54) is 6.42 Å². The first kappa shape index (κ1) is 14.3. The fourth-order valence-electron chi connectivity index (χ4n) is 3.68. The lowest BCUT2D eigenvalue weighted by Crippen LogP contribution is -2.50. The Balaban J connectivity index is 2.16. The van der Waals surface area contributed by atoms with E-state index in [0.29, 0.717) is 10.8 Å². The number of aromatic nitrogens is 2. The number of rotatable bonds is 1. The summed E-state index contributed by atoms with van der Waals surface area (Å²) in [6, 6.07) is 0. The SMILES string of the molecule is Cc1cnc(N2CCC(C(C)(C)C)C(C)(C)C2)nc1. The Morgan fingerprint density at radius 2 is 1.79 bits per heavy atom. The molecule has 2 heterocycles. The lowest BCUT2D eigenvalue weighted by Gasteiger charge is -2.49. The molecule has 0 spiro atoms. The molecule has 1 aromatic rings. The predicted octanol–water partition coefficient (Wildman–Crippen LogP) is 3.68. The highest BCUT2D eigenvalue weighted by Crippen LogP contribution is 2.45. The van der Waals surface area contributed by atoms with Crippen molar-refractivity contribution < 1.29 is 0 Å². The van der Waals surface area contributed by atoms with Crippen molar-refractivity contribution in [3.63, 3.8) is 0 Å². The summed E-state index contributed by atoms with van der Waals surface area (Å²) in [7, 11) is 0. The minimum atomic E-state index is 0.296. The number of piperidine rings is 1. The van der Waals surface area contributed by atoms with Crippen molar-refractivity contribution in [1.82, 2.24) is 9.97 Å². The molecule has 106 valence electrons. The summed E-state index contributed by atoms with van der Waals surface area (Å²) < 4.78 is 0. The van der Waals surface area contributed by atoms with E-state index in [4.69, 9.17) is 0 Å². The molecular formula is C16H27N3. The predicted molar refractivity (Wildman–Crippen MR) is 80.3 cm³/mol. The first-order valence-corrected chi connectivity index (χ1v) is 7.24. The number of hydrogen-bond acceptors (Lipinski definition) is 3. The van der Waals surface area contributed by atoms with Crippen LogP contribution >= 0.6 is 0 Å². The van der Waals surface area contributed by atoms with Crippen LogP contribution in [0.1, 0.15) is 46.6 Å². The highest BCUT2D eigenvalue weighted by atomic mass is 15.3. The Labute approximate surface area is 117 Å². The third kappa shape index (κ3) is 3.07. The molecule has 1 atom stereocenters. The lowest BCUT2D eigenvalue weighted by atomic mass is 9.62. The van der Waals surface area contributed by atoms with Gasteiger partial charge < -0.3 is 4.90 Å². The monoisotopic (exact) mass is 261 g/mol. The second-order valence-electron chi connectivity index (χ2n) is 7.68. The average molecular weight is 261 g/mol. The van der Waals surface area contributed by atoms with Gasteiger partial charge in [-0.1, -0.05) is 34.6 Å². The minimum Gasteiger partial charge on any atom is -0.340 e. The van der Waals surface area contributed by atoms with Gasteiger partial charge in [0.15, 0.2) is 0 Å². The second kappa shape index (κ2) is 4.77. The van der Waals surface area contributed by atoms with Crippen LogP contribution in [0.5, 0.6) is 0 Å². The quantitative estimate of drug-likeness (QED) is 0.772. The molecule has 1 saturated heterocycles. The zero-order valence-electron chi connectivity index (χ0n) is 13.2. The average Bonchev–Trinajstić information content (AvgIpc) is 2.26. The van der Waals surface area contributed by atoms with Crippen LogP contribution in [-0.2, 0) is 0 Å². The van der Waals surface area contributed by atoms with Gasteiger partial charge in [0.25, 0.3) is 0 Å². The van der Waals surface area contributed by atoms with Gasteiger partial charge >= 0.3 is 0 Å². The summed E-state index contributed by atoms with van der Waals surface area (Å²) in [5, 5.41) is 0. The third-order valence-corrected chi connectivity index (χ3v) is 4.32. The van der Waals surface area contributed by atoms with Gasteiger partial charge in [0.1, 0.15) is 0 Å². The van der Waals surface area contributed by atoms with Gasteiger partial charge in [-0.25, -0.2) is 9.97 Å². The maximum atomic E-state index is 4.47. The maximum absolute atomic E-state index is 4.47. The van der Waals surface area contributed by atoms with E-state index in [-0.39, 0.29) is 0 Å². The van der Waals surface area contributed by atoms with Crippen molar-refractivity contribution in [2.24, 2.45) is 16.7 Å². The minimum absolute atomic E-state index is 0.296. The molecule has 0 bridgehead atoms. The van der Waals surface area contributed by atoms with Crippen molar-refractivity contribution in [2.45, 2.75) is 48.0 Å². The molecule has 1 aliphatic heterocycles. The Bertz CT molecular complexity index is 428. The van der Waals surface area contributed by atoms with Crippen LogP contribution in [-0.4, -0.2) is 23.1 Å². The molecule has 0 aromatic carbocycles. The fraction of sp³-hybridized carbons (Fsp3) is 0.750. The van der Waals surface area contributed by atoms with Gasteiger partial charge in [0, 0.05) is 25.5 Å². The Hall–Kier alpha value is -1.12. The summed E-state index contributed by atoms with van der Waals surface area (Å²) in [5.74, 6) is 1.62. The molecule has 1 aromatic heterocycles. The van der Waals surface area contributed by atoms with E-state index >= 15 is 0 Å². The van der Waals surface area contributed by atoms with Crippen LogP contribution < -0.4 is 4.90 Å². The van der Waals surface area contributed by atoms with Gasteiger partial charge in [-0.15, -0.1) is 0 Å². The van der Waals surface area contributed by atoms with Gasteiger partial charge in [0.05, 0.1) is 0 Å². The Morgan fingerprint density at radius 3 is 2.26 bits per heavy atom. The van der Waals surface area contributed by atoms with E-state index in [0.717, 1.165) is 30.5 Å². The van der Waals surface area contributed by atoms with E-state index in [9.17, 15) is 0 Å². The first-order chi connectivity index (χ1) is 8.70. The highest BCUT2D eigenvalue weighted by Gasteiger charge is 2.42. The first-order valence-electron chi connectivity index (χ1n) is 7.24. The molecule has 1 unspecified atom stereocenters. The van der Waals surface area contributed by atoms with E-state index < -0.39 is 0 Å². The van der Waals surface area contributed by atoms with Crippen LogP contribution in [0.15, 0.2) is 12.4 Å². The molecular weight excluding hydrogens is 234 g/mol. The maximum Gasteiger partial charge on any atom is 0.225 e. The lowest BCUT2D eigenvalue weighted by molar-refractivity contribution is 0.0648. The number of aryl methyl sites for hydroxylation is 1. The van der Waals surface area contributed by atoms with Gasteiger partial charge in [-0.05, 0) is 35.7 Å². The molecule has 0 saturated carbocycles. The number of hydrogen-bond donors (Lipinski definition) is 0. The van der Waals surface area contributed by atoms with Crippen molar-refractivity contribution in [1.29, 1.82) is 0 Å². The van der Waals surface area contributed by atoms with Crippen LogP contribution in [0.25, 0.3) is 0 Å². The zero-order valence-corrected chi connectivity index (χ0v) is 13.2. The van der Waals surface area contributed by atoms with Gasteiger partial charge in [0.2, 0.25) is 5.95 Å². The van der Waals surface area contributed by atoms with E-state index in [2.05, 4.69) is 49.5 Å². The third-order valence-electron chi connectivity index (χ3n) is 4.32.